The lowest BCUT2D eigenvalue weighted by Gasteiger charge is -1.96. The Kier molecular flexibility index (Phi) is 2.02. The third-order valence-corrected chi connectivity index (χ3v) is 3.45. The molecular weight excluding hydrogens is 215 g/mol. The minimum atomic E-state index is -0.391. The molecule has 1 aromatic heterocycles. The van der Waals surface area contributed by atoms with Crippen molar-refractivity contribution in [1.82, 2.24) is 0 Å². The van der Waals surface area contributed by atoms with E-state index in [2.05, 4.69) is 12.6 Å². The smallest absolute Gasteiger partial charge is 0.142 e. The van der Waals surface area contributed by atoms with Gasteiger partial charge in [0.05, 0.1) is 5.02 Å². The predicted molar refractivity (Wildman–Crippen MR) is 54.0 cm³/mol. The summed E-state index contributed by atoms with van der Waals surface area (Å²) in [5.74, 6) is -0.391. The molecule has 0 bridgehead atoms. The van der Waals surface area contributed by atoms with E-state index in [0.717, 1.165) is 9.60 Å². The van der Waals surface area contributed by atoms with Gasteiger partial charge < -0.3 is 0 Å². The average Bonchev–Trinajstić information content (AvgIpc) is 2.41. The van der Waals surface area contributed by atoms with Crippen LogP contribution in [0.1, 0.15) is 0 Å². The number of hydrogen-bond donors (Lipinski definition) is 1. The number of thiophene rings is 1. The summed E-state index contributed by atoms with van der Waals surface area (Å²) >= 11 is 11.4. The lowest BCUT2D eigenvalue weighted by molar-refractivity contribution is 0.630. The summed E-state index contributed by atoms with van der Waals surface area (Å²) in [7, 11) is 0. The third kappa shape index (κ3) is 1.13. The monoisotopic (exact) mass is 218 g/mol. The summed E-state index contributed by atoms with van der Waals surface area (Å²) in [6, 6.07) is 3.08. The summed E-state index contributed by atoms with van der Waals surface area (Å²) in [5.41, 5.74) is 0. The first-order valence-electron chi connectivity index (χ1n) is 3.24. The van der Waals surface area contributed by atoms with Gasteiger partial charge in [-0.2, -0.15) is 0 Å². The highest BCUT2D eigenvalue weighted by Crippen LogP contribution is 2.35. The zero-order valence-electron chi connectivity index (χ0n) is 5.84. The molecule has 0 aliphatic rings. The lowest BCUT2D eigenvalue weighted by Crippen LogP contribution is -1.75. The highest BCUT2D eigenvalue weighted by atomic mass is 35.5. The molecule has 4 heteroatoms. The summed E-state index contributed by atoms with van der Waals surface area (Å²) in [6.45, 7) is 0. The molecule has 0 radical (unpaired) electrons. The molecule has 2 aromatic rings. The van der Waals surface area contributed by atoms with Crippen molar-refractivity contribution in [3.8, 4) is 0 Å². The summed E-state index contributed by atoms with van der Waals surface area (Å²) in [6.07, 6.45) is 0. The Labute approximate surface area is 83.4 Å². The molecule has 0 amide bonds. The van der Waals surface area contributed by atoms with Crippen LogP contribution < -0.4 is 0 Å². The van der Waals surface area contributed by atoms with Crippen molar-refractivity contribution >= 4 is 45.7 Å². The normalized spacial score (nSPS) is 10.9. The van der Waals surface area contributed by atoms with Crippen molar-refractivity contribution in [2.24, 2.45) is 0 Å². The van der Waals surface area contributed by atoms with Gasteiger partial charge in [0, 0.05) is 20.4 Å². The zero-order valence-corrected chi connectivity index (χ0v) is 8.31. The topological polar surface area (TPSA) is 0 Å². The van der Waals surface area contributed by atoms with Gasteiger partial charge in [-0.1, -0.05) is 11.6 Å². The Morgan fingerprint density at radius 1 is 1.42 bits per heavy atom. The van der Waals surface area contributed by atoms with Crippen LogP contribution in [0.4, 0.5) is 4.39 Å². The number of rotatable bonds is 0. The van der Waals surface area contributed by atoms with Crippen molar-refractivity contribution in [2.45, 2.75) is 4.90 Å². The van der Waals surface area contributed by atoms with Gasteiger partial charge in [-0.25, -0.2) is 4.39 Å². The van der Waals surface area contributed by atoms with Crippen LogP contribution >= 0.6 is 35.6 Å². The second-order valence-electron chi connectivity index (χ2n) is 2.36. The number of hydrogen-bond acceptors (Lipinski definition) is 2. The summed E-state index contributed by atoms with van der Waals surface area (Å²) < 4.78 is 13.9. The number of fused-ring (bicyclic) bond motifs is 1. The Hall–Kier alpha value is -0.250. The van der Waals surface area contributed by atoms with Crippen molar-refractivity contribution < 1.29 is 4.39 Å². The van der Waals surface area contributed by atoms with E-state index < -0.39 is 5.82 Å². The molecule has 62 valence electrons. The maximum Gasteiger partial charge on any atom is 0.142 e. The van der Waals surface area contributed by atoms with Crippen molar-refractivity contribution in [3.05, 3.63) is 28.4 Å². The van der Waals surface area contributed by atoms with Gasteiger partial charge in [0.2, 0.25) is 0 Å². The molecule has 0 nitrogen and oxygen atoms in total. The largest absolute Gasteiger partial charge is 0.205 e. The molecule has 0 fully saturated rings. The van der Waals surface area contributed by atoms with Crippen LogP contribution in [0.2, 0.25) is 5.02 Å². The number of benzene rings is 1. The standard InChI is InChI=1S/C8H4ClFS2/c9-8-4(10)1-2-6-7(8)5(11)3-12-6/h1-3,11H. The van der Waals surface area contributed by atoms with E-state index in [1.54, 1.807) is 6.07 Å². The first-order chi connectivity index (χ1) is 5.70. The lowest BCUT2D eigenvalue weighted by atomic mass is 10.2. The maximum atomic E-state index is 12.9. The third-order valence-electron chi connectivity index (χ3n) is 1.61. The van der Waals surface area contributed by atoms with Gasteiger partial charge in [0.1, 0.15) is 5.82 Å². The van der Waals surface area contributed by atoms with Crippen LogP contribution in [-0.2, 0) is 0 Å². The zero-order chi connectivity index (χ0) is 8.72. The van der Waals surface area contributed by atoms with Crippen molar-refractivity contribution in [2.75, 3.05) is 0 Å². The van der Waals surface area contributed by atoms with Crippen LogP contribution in [0.5, 0.6) is 0 Å². The van der Waals surface area contributed by atoms with Crippen LogP contribution in [0.25, 0.3) is 10.1 Å². The minimum Gasteiger partial charge on any atom is -0.205 e. The average molecular weight is 219 g/mol. The van der Waals surface area contributed by atoms with Crippen LogP contribution in [0.3, 0.4) is 0 Å². The van der Waals surface area contributed by atoms with E-state index in [1.807, 2.05) is 5.38 Å². The first-order valence-corrected chi connectivity index (χ1v) is 4.95. The molecule has 0 unspecified atom stereocenters. The molecule has 1 aromatic carbocycles. The quantitative estimate of drug-likeness (QED) is 0.636. The van der Waals surface area contributed by atoms with Crippen LogP contribution in [0, 0.1) is 5.82 Å². The second kappa shape index (κ2) is 2.91. The van der Waals surface area contributed by atoms with Gasteiger partial charge in [-0.05, 0) is 12.1 Å². The molecule has 0 saturated heterocycles. The Bertz CT molecular complexity index is 436. The Morgan fingerprint density at radius 3 is 2.92 bits per heavy atom. The van der Waals surface area contributed by atoms with Gasteiger partial charge in [0.25, 0.3) is 0 Å². The van der Waals surface area contributed by atoms with E-state index in [9.17, 15) is 4.39 Å². The predicted octanol–water partition coefficient (Wildman–Crippen LogP) is 3.98. The number of thiol groups is 1. The molecule has 1 heterocycles. The molecule has 0 saturated carbocycles. The Balaban J connectivity index is 2.96. The van der Waals surface area contributed by atoms with Crippen LogP contribution in [-0.4, -0.2) is 0 Å². The highest BCUT2D eigenvalue weighted by molar-refractivity contribution is 7.80. The molecule has 0 atom stereocenters. The minimum absolute atomic E-state index is 0.166. The van der Waals surface area contributed by atoms with E-state index in [-0.39, 0.29) is 5.02 Å². The van der Waals surface area contributed by atoms with Gasteiger partial charge >= 0.3 is 0 Å². The molecule has 12 heavy (non-hydrogen) atoms. The van der Waals surface area contributed by atoms with E-state index in [0.29, 0.717) is 5.39 Å². The van der Waals surface area contributed by atoms with Gasteiger partial charge in [0.15, 0.2) is 0 Å². The van der Waals surface area contributed by atoms with Gasteiger partial charge in [-0.3, -0.25) is 0 Å². The molecule has 0 aliphatic carbocycles. The number of halogens is 2. The van der Waals surface area contributed by atoms with Crippen LogP contribution in [0.15, 0.2) is 22.4 Å². The first kappa shape index (κ1) is 8.35. The molecule has 0 N–H and O–H groups in total. The van der Waals surface area contributed by atoms with E-state index in [1.165, 1.54) is 17.4 Å². The molecular formula is C8H4ClFS2. The van der Waals surface area contributed by atoms with E-state index >= 15 is 0 Å². The maximum absolute atomic E-state index is 12.9. The fourth-order valence-electron chi connectivity index (χ4n) is 1.05. The molecule has 2 rings (SSSR count). The molecule has 0 aliphatic heterocycles. The second-order valence-corrected chi connectivity index (χ2v) is 4.13. The summed E-state index contributed by atoms with van der Waals surface area (Å²) in [5, 5.41) is 2.72. The molecule has 0 spiro atoms. The van der Waals surface area contributed by atoms with Crippen molar-refractivity contribution in [1.29, 1.82) is 0 Å². The fourth-order valence-corrected chi connectivity index (χ4v) is 2.74. The Morgan fingerprint density at radius 2 is 2.17 bits per heavy atom. The summed E-state index contributed by atoms with van der Waals surface area (Å²) in [4.78, 5) is 0.736. The van der Waals surface area contributed by atoms with Crippen molar-refractivity contribution in [3.63, 3.8) is 0 Å². The highest BCUT2D eigenvalue weighted by Gasteiger charge is 2.08. The fraction of sp³-hybridized carbons (Fsp3) is 0. The van der Waals surface area contributed by atoms with E-state index in [4.69, 9.17) is 11.6 Å². The SMILES string of the molecule is Fc1ccc2scc(S)c2c1Cl. The van der Waals surface area contributed by atoms with Gasteiger partial charge in [-0.15, -0.1) is 24.0 Å².